The minimum Gasteiger partial charge on any atom is -0.495 e. The third-order valence-electron chi connectivity index (χ3n) is 3.81. The molecule has 1 aromatic carbocycles. The standard InChI is InChI=1S/C16H16ClN5O4/c1-21-12-7-19-22(16(24)9(12)6-18-21)8-15(23)20-11-5-13(25-2)10(17)4-14(11)26-3/h4-7H,8H2,1-3H3,(H,20,23). The molecule has 0 aliphatic heterocycles. The van der Waals surface area contributed by atoms with Gasteiger partial charge in [0.2, 0.25) is 5.91 Å². The van der Waals surface area contributed by atoms with Crippen LogP contribution in [0, 0.1) is 0 Å². The lowest BCUT2D eigenvalue weighted by atomic mass is 10.2. The van der Waals surface area contributed by atoms with Crippen LogP contribution in [0.15, 0.2) is 29.3 Å². The van der Waals surface area contributed by atoms with E-state index in [-0.39, 0.29) is 6.54 Å². The molecule has 1 amide bonds. The molecule has 3 rings (SSSR count). The molecule has 0 radical (unpaired) electrons. The maximum absolute atomic E-state index is 12.4. The molecule has 136 valence electrons. The Kier molecular flexibility index (Phi) is 4.81. The first-order valence-electron chi connectivity index (χ1n) is 7.53. The van der Waals surface area contributed by atoms with Crippen LogP contribution in [0.25, 0.3) is 10.9 Å². The van der Waals surface area contributed by atoms with Crippen molar-refractivity contribution in [3.05, 3.63) is 39.9 Å². The van der Waals surface area contributed by atoms with Crippen molar-refractivity contribution in [2.24, 2.45) is 7.05 Å². The van der Waals surface area contributed by atoms with Crippen molar-refractivity contribution in [2.45, 2.75) is 6.54 Å². The number of aromatic nitrogens is 4. The van der Waals surface area contributed by atoms with Gasteiger partial charge in [-0.15, -0.1) is 0 Å². The third-order valence-corrected chi connectivity index (χ3v) is 4.11. The zero-order valence-corrected chi connectivity index (χ0v) is 15.1. The predicted molar refractivity (Wildman–Crippen MR) is 96.0 cm³/mol. The second kappa shape index (κ2) is 7.04. The van der Waals surface area contributed by atoms with Crippen LogP contribution < -0.4 is 20.3 Å². The Bertz CT molecular complexity index is 1040. The zero-order chi connectivity index (χ0) is 18.8. The molecule has 9 nitrogen and oxygen atoms in total. The molecular formula is C16H16ClN5O4. The minimum absolute atomic E-state index is 0.266. The summed E-state index contributed by atoms with van der Waals surface area (Å²) in [5.74, 6) is 0.299. The number of halogens is 1. The van der Waals surface area contributed by atoms with Gasteiger partial charge in [0, 0.05) is 19.2 Å². The topological polar surface area (TPSA) is 100 Å². The number of hydrogen-bond donors (Lipinski definition) is 1. The Labute approximate surface area is 153 Å². The van der Waals surface area contributed by atoms with Crippen LogP contribution in [0.3, 0.4) is 0 Å². The van der Waals surface area contributed by atoms with E-state index in [1.165, 1.54) is 32.7 Å². The molecule has 2 aromatic heterocycles. The number of anilines is 1. The van der Waals surface area contributed by atoms with Gasteiger partial charge in [-0.05, 0) is 0 Å². The Balaban J connectivity index is 1.86. The van der Waals surface area contributed by atoms with Gasteiger partial charge < -0.3 is 14.8 Å². The summed E-state index contributed by atoms with van der Waals surface area (Å²) in [5, 5.41) is 11.4. The van der Waals surface area contributed by atoms with Crippen molar-refractivity contribution in [3.8, 4) is 11.5 Å². The maximum Gasteiger partial charge on any atom is 0.278 e. The lowest BCUT2D eigenvalue weighted by Crippen LogP contribution is -2.29. The maximum atomic E-state index is 12.4. The SMILES string of the molecule is COc1cc(NC(=O)Cn2ncc3c(cnn3C)c2=O)c(OC)cc1Cl. The van der Waals surface area contributed by atoms with E-state index >= 15 is 0 Å². The van der Waals surface area contributed by atoms with Gasteiger partial charge in [0.25, 0.3) is 5.56 Å². The largest absolute Gasteiger partial charge is 0.495 e. The number of methoxy groups -OCH3 is 2. The monoisotopic (exact) mass is 377 g/mol. The van der Waals surface area contributed by atoms with Crippen molar-refractivity contribution in [1.29, 1.82) is 0 Å². The molecule has 0 aliphatic carbocycles. The summed E-state index contributed by atoms with van der Waals surface area (Å²) in [5.41, 5.74) is 0.566. The van der Waals surface area contributed by atoms with Gasteiger partial charge in [0.1, 0.15) is 18.0 Å². The first-order chi connectivity index (χ1) is 12.4. The average Bonchev–Trinajstić information content (AvgIpc) is 3.00. The highest BCUT2D eigenvalue weighted by molar-refractivity contribution is 6.32. The normalized spacial score (nSPS) is 10.8. The van der Waals surface area contributed by atoms with Crippen LogP contribution in [0.4, 0.5) is 5.69 Å². The van der Waals surface area contributed by atoms with Gasteiger partial charge in [0.15, 0.2) is 0 Å². The van der Waals surface area contributed by atoms with E-state index in [2.05, 4.69) is 15.5 Å². The predicted octanol–water partition coefficient (Wildman–Crippen LogP) is 1.44. The Hall–Kier alpha value is -3.07. The van der Waals surface area contributed by atoms with Crippen LogP contribution in [0.5, 0.6) is 11.5 Å². The molecule has 0 fully saturated rings. The molecule has 1 N–H and O–H groups in total. The van der Waals surface area contributed by atoms with E-state index in [4.69, 9.17) is 21.1 Å². The van der Waals surface area contributed by atoms with Crippen molar-refractivity contribution in [3.63, 3.8) is 0 Å². The molecule has 0 saturated heterocycles. The molecule has 3 aromatic rings. The zero-order valence-electron chi connectivity index (χ0n) is 14.3. The average molecular weight is 378 g/mol. The number of ether oxygens (including phenoxy) is 2. The lowest BCUT2D eigenvalue weighted by Gasteiger charge is -2.13. The molecule has 10 heteroatoms. The van der Waals surface area contributed by atoms with Gasteiger partial charge in [-0.25, -0.2) is 4.68 Å². The summed E-state index contributed by atoms with van der Waals surface area (Å²) in [6, 6.07) is 3.07. The summed E-state index contributed by atoms with van der Waals surface area (Å²) in [6.45, 7) is -0.266. The molecule has 0 unspecified atom stereocenters. The van der Waals surface area contributed by atoms with E-state index in [1.54, 1.807) is 17.8 Å². The number of rotatable bonds is 5. The van der Waals surface area contributed by atoms with Crippen molar-refractivity contribution in [2.75, 3.05) is 19.5 Å². The summed E-state index contributed by atoms with van der Waals surface area (Å²) >= 11 is 6.04. The fraction of sp³-hybridized carbons (Fsp3) is 0.250. The number of carbonyl (C=O) groups is 1. The first kappa shape index (κ1) is 17.7. The fourth-order valence-electron chi connectivity index (χ4n) is 2.48. The molecule has 2 heterocycles. The van der Waals surface area contributed by atoms with E-state index in [1.807, 2.05) is 0 Å². The molecule has 0 bridgehead atoms. The number of nitrogens with zero attached hydrogens (tertiary/aromatic N) is 4. The smallest absolute Gasteiger partial charge is 0.278 e. The number of amides is 1. The first-order valence-corrected chi connectivity index (χ1v) is 7.91. The Morgan fingerprint density at radius 3 is 2.62 bits per heavy atom. The molecule has 0 saturated carbocycles. The number of hydrogen-bond acceptors (Lipinski definition) is 6. The lowest BCUT2D eigenvalue weighted by molar-refractivity contribution is -0.117. The highest BCUT2D eigenvalue weighted by Crippen LogP contribution is 2.35. The van der Waals surface area contributed by atoms with Gasteiger partial charge in [-0.2, -0.15) is 10.2 Å². The van der Waals surface area contributed by atoms with Gasteiger partial charge in [-0.3, -0.25) is 14.3 Å². The van der Waals surface area contributed by atoms with Crippen molar-refractivity contribution >= 4 is 34.1 Å². The summed E-state index contributed by atoms with van der Waals surface area (Å²) in [4.78, 5) is 24.8. The number of aryl methyl sites for hydroxylation is 1. The van der Waals surface area contributed by atoms with Crippen LogP contribution >= 0.6 is 11.6 Å². The van der Waals surface area contributed by atoms with Crippen molar-refractivity contribution in [1.82, 2.24) is 19.6 Å². The third kappa shape index (κ3) is 3.21. The van der Waals surface area contributed by atoms with Crippen LogP contribution in [-0.2, 0) is 18.4 Å². The fourth-order valence-corrected chi connectivity index (χ4v) is 2.71. The number of nitrogens with one attached hydrogen (secondary N) is 1. The number of carbonyl (C=O) groups excluding carboxylic acids is 1. The van der Waals surface area contributed by atoms with Gasteiger partial charge in [-0.1, -0.05) is 11.6 Å². The molecule has 0 atom stereocenters. The summed E-state index contributed by atoms with van der Waals surface area (Å²) < 4.78 is 13.0. The second-order valence-corrected chi connectivity index (χ2v) is 5.82. The Morgan fingerprint density at radius 2 is 1.92 bits per heavy atom. The van der Waals surface area contributed by atoms with Gasteiger partial charge in [0.05, 0.1) is 48.2 Å². The van der Waals surface area contributed by atoms with Crippen LogP contribution in [0.1, 0.15) is 0 Å². The molecular weight excluding hydrogens is 362 g/mol. The molecule has 26 heavy (non-hydrogen) atoms. The van der Waals surface area contributed by atoms with E-state index in [0.717, 1.165) is 4.68 Å². The quantitative estimate of drug-likeness (QED) is 0.722. The molecule has 0 aliphatic rings. The number of fused-ring (bicyclic) bond motifs is 1. The summed E-state index contributed by atoms with van der Waals surface area (Å²) in [6.07, 6.45) is 2.93. The molecule has 0 spiro atoms. The van der Waals surface area contributed by atoms with E-state index in [9.17, 15) is 9.59 Å². The van der Waals surface area contributed by atoms with Crippen molar-refractivity contribution < 1.29 is 14.3 Å². The minimum atomic E-state index is -0.453. The van der Waals surface area contributed by atoms with E-state index < -0.39 is 11.5 Å². The Morgan fingerprint density at radius 1 is 1.19 bits per heavy atom. The van der Waals surface area contributed by atoms with Gasteiger partial charge >= 0.3 is 0 Å². The van der Waals surface area contributed by atoms with Crippen LogP contribution in [-0.4, -0.2) is 39.7 Å². The highest BCUT2D eigenvalue weighted by Gasteiger charge is 2.15. The summed E-state index contributed by atoms with van der Waals surface area (Å²) in [7, 11) is 4.63. The number of benzene rings is 1. The van der Waals surface area contributed by atoms with Crippen LogP contribution in [0.2, 0.25) is 5.02 Å². The van der Waals surface area contributed by atoms with E-state index in [0.29, 0.717) is 33.1 Å². The second-order valence-electron chi connectivity index (χ2n) is 5.41. The highest BCUT2D eigenvalue weighted by atomic mass is 35.5.